The van der Waals surface area contributed by atoms with Crippen LogP contribution in [0.4, 0.5) is 11.5 Å². The van der Waals surface area contributed by atoms with Crippen molar-refractivity contribution < 1.29 is 13.5 Å². The van der Waals surface area contributed by atoms with Crippen LogP contribution in [0.15, 0.2) is 53.4 Å². The van der Waals surface area contributed by atoms with Gasteiger partial charge in [0, 0.05) is 43.4 Å². The summed E-state index contributed by atoms with van der Waals surface area (Å²) in [5.41, 5.74) is 3.75. The highest BCUT2D eigenvalue weighted by atomic mass is 32.2. The second-order valence-electron chi connectivity index (χ2n) is 7.40. The molecule has 0 saturated heterocycles. The van der Waals surface area contributed by atoms with Crippen molar-refractivity contribution >= 4 is 32.2 Å². The summed E-state index contributed by atoms with van der Waals surface area (Å²) in [6.07, 6.45) is 0.653. The van der Waals surface area contributed by atoms with Crippen molar-refractivity contribution in [2.45, 2.75) is 24.8 Å². The van der Waals surface area contributed by atoms with Gasteiger partial charge in [-0.25, -0.2) is 13.4 Å². The molecule has 0 amide bonds. The first-order valence-corrected chi connectivity index (χ1v) is 11.4. The van der Waals surface area contributed by atoms with E-state index in [2.05, 4.69) is 11.4 Å². The molecule has 1 aliphatic heterocycles. The topological polar surface area (TPSA) is 82.5 Å². The third kappa shape index (κ3) is 4.06. The minimum atomic E-state index is -3.31. The number of rotatable bonds is 5. The van der Waals surface area contributed by atoms with Crippen molar-refractivity contribution in [1.82, 2.24) is 4.98 Å². The third-order valence-corrected chi connectivity index (χ3v) is 7.01. The fourth-order valence-electron chi connectivity index (χ4n) is 3.69. The van der Waals surface area contributed by atoms with E-state index in [1.807, 2.05) is 42.2 Å². The first kappa shape index (κ1) is 19.7. The van der Waals surface area contributed by atoms with Gasteiger partial charge in [-0.1, -0.05) is 29.8 Å². The zero-order chi connectivity index (χ0) is 20.4. The van der Waals surface area contributed by atoms with Crippen molar-refractivity contribution in [3.05, 3.63) is 59.7 Å². The number of sulfone groups is 1. The molecule has 0 atom stereocenters. The summed E-state index contributed by atoms with van der Waals surface area (Å²) in [5, 5.41) is 13.5. The summed E-state index contributed by atoms with van der Waals surface area (Å²) >= 11 is 0. The van der Waals surface area contributed by atoms with Gasteiger partial charge in [0.1, 0.15) is 5.82 Å². The molecule has 2 N–H and O–H groups in total. The minimum Gasteiger partial charge on any atom is -0.396 e. The molecule has 0 radical (unpaired) electrons. The van der Waals surface area contributed by atoms with Gasteiger partial charge in [-0.2, -0.15) is 0 Å². The fraction of sp³-hybridized carbons (Fsp3) is 0.318. The first-order valence-electron chi connectivity index (χ1n) is 9.80. The van der Waals surface area contributed by atoms with Crippen molar-refractivity contribution in [3.8, 4) is 0 Å². The minimum absolute atomic E-state index is 0.0604. The second kappa shape index (κ2) is 8.00. The summed E-state index contributed by atoms with van der Waals surface area (Å²) in [6.45, 7) is 3.71. The number of aryl methyl sites for hydroxylation is 1. The molecular formula is C22H25N3O3S. The number of nitrogens with one attached hydrogen (secondary N) is 1. The van der Waals surface area contributed by atoms with E-state index >= 15 is 0 Å². The van der Waals surface area contributed by atoms with Crippen LogP contribution >= 0.6 is 0 Å². The molecule has 29 heavy (non-hydrogen) atoms. The number of benzene rings is 2. The first-order chi connectivity index (χ1) is 14.0. The third-order valence-electron chi connectivity index (χ3n) is 5.22. The largest absolute Gasteiger partial charge is 0.396 e. The molecule has 2 heterocycles. The number of anilines is 2. The molecule has 6 nitrogen and oxygen atoms in total. The molecule has 1 aliphatic rings. The Labute approximate surface area is 171 Å². The number of aromatic nitrogens is 1. The van der Waals surface area contributed by atoms with Gasteiger partial charge < -0.3 is 15.3 Å². The molecule has 4 rings (SSSR count). The fourth-order valence-corrected chi connectivity index (χ4v) is 5.19. The zero-order valence-electron chi connectivity index (χ0n) is 16.4. The molecule has 1 aromatic heterocycles. The van der Waals surface area contributed by atoms with Gasteiger partial charge in [-0.15, -0.1) is 0 Å². The number of fused-ring (bicyclic) bond motifs is 2. The highest BCUT2D eigenvalue weighted by Crippen LogP contribution is 2.31. The van der Waals surface area contributed by atoms with Crippen LogP contribution in [0.25, 0.3) is 10.9 Å². The monoisotopic (exact) mass is 411 g/mol. The zero-order valence-corrected chi connectivity index (χ0v) is 17.2. The van der Waals surface area contributed by atoms with Crippen molar-refractivity contribution in [2.24, 2.45) is 0 Å². The quantitative estimate of drug-likeness (QED) is 0.628. The van der Waals surface area contributed by atoms with Gasteiger partial charge >= 0.3 is 0 Å². The molecule has 3 aromatic rings. The van der Waals surface area contributed by atoms with E-state index < -0.39 is 9.84 Å². The summed E-state index contributed by atoms with van der Waals surface area (Å²) in [6, 6.07) is 15.3. The average Bonchev–Trinajstić information content (AvgIpc) is 2.84. The number of aliphatic hydroxyl groups excluding tert-OH is 1. The van der Waals surface area contributed by atoms with Crippen LogP contribution in [0.3, 0.4) is 0 Å². The van der Waals surface area contributed by atoms with E-state index in [4.69, 9.17) is 10.1 Å². The maximum Gasteiger partial charge on any atom is 0.180 e. The maximum absolute atomic E-state index is 12.7. The van der Waals surface area contributed by atoms with Crippen molar-refractivity contribution in [1.29, 1.82) is 0 Å². The Bertz CT molecular complexity index is 1150. The predicted octanol–water partition coefficient (Wildman–Crippen LogP) is 3.13. The Morgan fingerprint density at radius 3 is 2.83 bits per heavy atom. The SMILES string of the molecule is Cc1ccc2nc(N3CCS(=O)(=O)c4ccccc4C3)cc(NCCCO)c2c1. The second-order valence-corrected chi connectivity index (χ2v) is 9.48. The van der Waals surface area contributed by atoms with Crippen LogP contribution in [-0.2, 0) is 16.4 Å². The molecule has 0 spiro atoms. The van der Waals surface area contributed by atoms with Gasteiger partial charge in [-0.3, -0.25) is 0 Å². The summed E-state index contributed by atoms with van der Waals surface area (Å²) in [7, 11) is -3.31. The van der Waals surface area contributed by atoms with Crippen LogP contribution in [0, 0.1) is 6.92 Å². The Hall–Kier alpha value is -2.64. The van der Waals surface area contributed by atoms with Crippen LogP contribution in [0.2, 0.25) is 0 Å². The molecule has 0 saturated carbocycles. The van der Waals surface area contributed by atoms with Crippen LogP contribution in [-0.4, -0.2) is 44.0 Å². The predicted molar refractivity (Wildman–Crippen MR) is 116 cm³/mol. The molecule has 152 valence electrons. The average molecular weight is 412 g/mol. The normalized spacial score (nSPS) is 15.7. The number of hydrogen-bond acceptors (Lipinski definition) is 6. The van der Waals surface area contributed by atoms with Gasteiger partial charge in [0.25, 0.3) is 0 Å². The molecule has 0 aliphatic carbocycles. The van der Waals surface area contributed by atoms with Gasteiger partial charge in [0.2, 0.25) is 0 Å². The lowest BCUT2D eigenvalue weighted by Gasteiger charge is -2.23. The van der Waals surface area contributed by atoms with E-state index in [9.17, 15) is 8.42 Å². The lowest BCUT2D eigenvalue weighted by molar-refractivity contribution is 0.292. The molecular weight excluding hydrogens is 386 g/mol. The number of hydrogen-bond donors (Lipinski definition) is 2. The maximum atomic E-state index is 12.7. The summed E-state index contributed by atoms with van der Waals surface area (Å²) < 4.78 is 25.4. The van der Waals surface area contributed by atoms with E-state index in [1.54, 1.807) is 12.1 Å². The Kier molecular flexibility index (Phi) is 5.43. The molecule has 0 bridgehead atoms. The highest BCUT2D eigenvalue weighted by molar-refractivity contribution is 7.91. The van der Waals surface area contributed by atoms with Crippen LogP contribution in [0.1, 0.15) is 17.5 Å². The van der Waals surface area contributed by atoms with Crippen LogP contribution in [0.5, 0.6) is 0 Å². The van der Waals surface area contributed by atoms with Gasteiger partial charge in [-0.05, 0) is 37.1 Å². The van der Waals surface area contributed by atoms with E-state index in [1.165, 1.54) is 0 Å². The lowest BCUT2D eigenvalue weighted by atomic mass is 10.1. The van der Waals surface area contributed by atoms with E-state index in [-0.39, 0.29) is 12.4 Å². The molecule has 0 unspecified atom stereocenters. The lowest BCUT2D eigenvalue weighted by Crippen LogP contribution is -2.26. The Balaban J connectivity index is 1.76. The number of pyridine rings is 1. The van der Waals surface area contributed by atoms with Crippen molar-refractivity contribution in [3.63, 3.8) is 0 Å². The van der Waals surface area contributed by atoms with Crippen LogP contribution < -0.4 is 10.2 Å². The Morgan fingerprint density at radius 2 is 2.00 bits per heavy atom. The number of nitrogens with zero attached hydrogens (tertiary/aromatic N) is 2. The molecule has 7 heteroatoms. The standard InChI is InChI=1S/C22H25N3O3S/c1-16-7-8-19-18(13-16)20(23-9-4-11-26)14-22(24-19)25-10-12-29(27,28)21-6-3-2-5-17(21)15-25/h2-3,5-8,13-14,26H,4,9-12,15H2,1H3,(H,23,24). The van der Waals surface area contributed by atoms with E-state index in [0.717, 1.165) is 33.5 Å². The summed E-state index contributed by atoms with van der Waals surface area (Å²) in [4.78, 5) is 7.28. The smallest absolute Gasteiger partial charge is 0.180 e. The summed E-state index contributed by atoms with van der Waals surface area (Å²) in [5.74, 6) is 0.810. The Morgan fingerprint density at radius 1 is 1.17 bits per heavy atom. The van der Waals surface area contributed by atoms with Crippen molar-refractivity contribution in [2.75, 3.05) is 35.7 Å². The number of aliphatic hydroxyl groups is 1. The molecule has 0 fully saturated rings. The van der Waals surface area contributed by atoms with E-state index in [0.29, 0.717) is 31.0 Å². The van der Waals surface area contributed by atoms with Gasteiger partial charge in [0.15, 0.2) is 9.84 Å². The van der Waals surface area contributed by atoms with Gasteiger partial charge in [0.05, 0.1) is 16.2 Å². The highest BCUT2D eigenvalue weighted by Gasteiger charge is 2.26. The molecule has 2 aromatic carbocycles.